The minimum atomic E-state index is -0.150. The number of hydrogen-bond donors (Lipinski definition) is 3. The van der Waals surface area contributed by atoms with E-state index in [1.165, 1.54) is 0 Å². The van der Waals surface area contributed by atoms with Crippen LogP contribution in [-0.4, -0.2) is 5.91 Å². The van der Waals surface area contributed by atoms with Crippen molar-refractivity contribution in [2.75, 3.05) is 11.1 Å². The van der Waals surface area contributed by atoms with E-state index in [0.29, 0.717) is 17.8 Å². The molecule has 0 bridgehead atoms. The van der Waals surface area contributed by atoms with Gasteiger partial charge in [-0.25, -0.2) is 0 Å². The molecule has 0 aromatic heterocycles. The van der Waals surface area contributed by atoms with E-state index in [1.807, 2.05) is 12.1 Å². The number of anilines is 2. The quantitative estimate of drug-likeness (QED) is 0.719. The van der Waals surface area contributed by atoms with E-state index in [4.69, 9.17) is 11.5 Å². The van der Waals surface area contributed by atoms with Crippen LogP contribution in [0.2, 0.25) is 0 Å². The molecule has 0 aliphatic rings. The zero-order valence-electron chi connectivity index (χ0n) is 9.89. The third kappa shape index (κ3) is 2.87. The van der Waals surface area contributed by atoms with Crippen molar-refractivity contribution in [1.29, 1.82) is 0 Å². The first-order valence-corrected chi connectivity index (χ1v) is 5.65. The van der Waals surface area contributed by atoms with Gasteiger partial charge in [0.05, 0.1) is 0 Å². The molecule has 0 aliphatic carbocycles. The van der Waals surface area contributed by atoms with Crippen molar-refractivity contribution >= 4 is 17.3 Å². The van der Waals surface area contributed by atoms with Gasteiger partial charge >= 0.3 is 0 Å². The molecule has 18 heavy (non-hydrogen) atoms. The van der Waals surface area contributed by atoms with Crippen molar-refractivity contribution in [1.82, 2.24) is 0 Å². The largest absolute Gasteiger partial charge is 0.399 e. The Labute approximate surface area is 106 Å². The van der Waals surface area contributed by atoms with E-state index >= 15 is 0 Å². The lowest BCUT2D eigenvalue weighted by Gasteiger charge is -2.06. The van der Waals surface area contributed by atoms with Crippen molar-refractivity contribution < 1.29 is 4.79 Å². The van der Waals surface area contributed by atoms with Crippen molar-refractivity contribution in [3.05, 3.63) is 59.7 Å². The molecule has 0 aliphatic heterocycles. The topological polar surface area (TPSA) is 81.1 Å². The zero-order valence-corrected chi connectivity index (χ0v) is 9.89. The first kappa shape index (κ1) is 12.1. The molecule has 1 amide bonds. The van der Waals surface area contributed by atoms with E-state index < -0.39 is 0 Å². The number of rotatable bonds is 3. The lowest BCUT2D eigenvalue weighted by atomic mass is 10.1. The van der Waals surface area contributed by atoms with Gasteiger partial charge in [0.2, 0.25) is 0 Å². The highest BCUT2D eigenvalue weighted by atomic mass is 16.1. The van der Waals surface area contributed by atoms with Crippen molar-refractivity contribution in [2.45, 2.75) is 6.54 Å². The average Bonchev–Trinajstić information content (AvgIpc) is 2.41. The molecule has 0 atom stereocenters. The Kier molecular flexibility index (Phi) is 3.60. The fourth-order valence-electron chi connectivity index (χ4n) is 1.56. The summed E-state index contributed by atoms with van der Waals surface area (Å²) in [6.07, 6.45) is 0. The summed E-state index contributed by atoms with van der Waals surface area (Å²) in [4.78, 5) is 11.9. The Morgan fingerprint density at radius 3 is 2.17 bits per heavy atom. The molecule has 0 heterocycles. The molecule has 92 valence electrons. The third-order valence-electron chi connectivity index (χ3n) is 2.62. The first-order valence-electron chi connectivity index (χ1n) is 5.65. The molecule has 0 fully saturated rings. The Morgan fingerprint density at radius 2 is 1.61 bits per heavy atom. The van der Waals surface area contributed by atoms with Gasteiger partial charge in [-0.2, -0.15) is 0 Å². The highest BCUT2D eigenvalue weighted by Crippen LogP contribution is 2.12. The Morgan fingerprint density at radius 1 is 1.00 bits per heavy atom. The van der Waals surface area contributed by atoms with Gasteiger partial charge < -0.3 is 16.8 Å². The molecule has 0 spiro atoms. The summed E-state index contributed by atoms with van der Waals surface area (Å²) in [6, 6.07) is 14.2. The minimum absolute atomic E-state index is 0.150. The highest BCUT2D eigenvalue weighted by Gasteiger charge is 2.05. The fraction of sp³-hybridized carbons (Fsp3) is 0.0714. The Bertz CT molecular complexity index is 532. The van der Waals surface area contributed by atoms with E-state index in [-0.39, 0.29) is 5.91 Å². The van der Waals surface area contributed by atoms with Crippen LogP contribution in [0.25, 0.3) is 0 Å². The molecule has 0 radical (unpaired) electrons. The molecular formula is C14H15N3O. The fourth-order valence-corrected chi connectivity index (χ4v) is 1.56. The maximum Gasteiger partial charge on any atom is 0.255 e. The van der Waals surface area contributed by atoms with Gasteiger partial charge in [-0.1, -0.05) is 12.1 Å². The molecule has 0 saturated heterocycles. The number of carbonyl (C=O) groups is 1. The molecule has 2 aromatic carbocycles. The highest BCUT2D eigenvalue weighted by molar-refractivity contribution is 6.04. The van der Waals surface area contributed by atoms with Gasteiger partial charge in [-0.3, -0.25) is 4.79 Å². The smallest absolute Gasteiger partial charge is 0.255 e. The van der Waals surface area contributed by atoms with Gasteiger partial charge in [-0.15, -0.1) is 0 Å². The van der Waals surface area contributed by atoms with Crippen molar-refractivity contribution in [3.8, 4) is 0 Å². The van der Waals surface area contributed by atoms with Gasteiger partial charge in [-0.05, 0) is 42.0 Å². The van der Waals surface area contributed by atoms with E-state index in [1.54, 1.807) is 36.4 Å². The summed E-state index contributed by atoms with van der Waals surface area (Å²) in [5.74, 6) is -0.150. The number of hydrogen-bond acceptors (Lipinski definition) is 3. The van der Waals surface area contributed by atoms with Gasteiger partial charge in [0.1, 0.15) is 0 Å². The van der Waals surface area contributed by atoms with Gasteiger partial charge in [0.15, 0.2) is 0 Å². The molecule has 4 nitrogen and oxygen atoms in total. The van der Waals surface area contributed by atoms with Gasteiger partial charge in [0.25, 0.3) is 5.91 Å². The summed E-state index contributed by atoms with van der Waals surface area (Å²) < 4.78 is 0. The summed E-state index contributed by atoms with van der Waals surface area (Å²) in [7, 11) is 0. The summed E-state index contributed by atoms with van der Waals surface area (Å²) in [6.45, 7) is 0.472. The van der Waals surface area contributed by atoms with Crippen LogP contribution in [0, 0.1) is 0 Å². The van der Waals surface area contributed by atoms with Crippen LogP contribution < -0.4 is 16.8 Å². The molecular weight excluding hydrogens is 226 g/mol. The Hall–Kier alpha value is -2.33. The average molecular weight is 241 g/mol. The minimum Gasteiger partial charge on any atom is -0.399 e. The number of benzene rings is 2. The number of amides is 1. The van der Waals surface area contributed by atoms with E-state index in [0.717, 1.165) is 11.3 Å². The number of nitrogen functional groups attached to an aromatic ring is 1. The second-order valence-corrected chi connectivity index (χ2v) is 3.98. The molecule has 2 rings (SSSR count). The molecule has 0 saturated carbocycles. The van der Waals surface area contributed by atoms with E-state index in [9.17, 15) is 4.79 Å². The number of nitrogens with two attached hydrogens (primary N) is 2. The normalized spacial score (nSPS) is 10.1. The maximum atomic E-state index is 11.9. The van der Waals surface area contributed by atoms with Crippen molar-refractivity contribution in [3.63, 3.8) is 0 Å². The Balaban J connectivity index is 2.09. The van der Waals surface area contributed by atoms with Crippen LogP contribution in [0.4, 0.5) is 11.4 Å². The van der Waals surface area contributed by atoms with Crippen LogP contribution in [0.1, 0.15) is 15.9 Å². The molecule has 2 aromatic rings. The maximum absolute atomic E-state index is 11.9. The van der Waals surface area contributed by atoms with Crippen molar-refractivity contribution in [2.24, 2.45) is 5.73 Å². The second kappa shape index (κ2) is 5.33. The first-order chi connectivity index (χ1) is 8.69. The monoisotopic (exact) mass is 241 g/mol. The predicted octanol–water partition coefficient (Wildman–Crippen LogP) is 1.98. The third-order valence-corrected chi connectivity index (χ3v) is 2.62. The summed E-state index contributed by atoms with van der Waals surface area (Å²) in [5.41, 5.74) is 14.1. The van der Waals surface area contributed by atoms with Gasteiger partial charge in [0, 0.05) is 23.5 Å². The molecule has 0 unspecified atom stereocenters. The summed E-state index contributed by atoms with van der Waals surface area (Å²) >= 11 is 0. The lowest BCUT2D eigenvalue weighted by molar-refractivity contribution is 0.102. The summed E-state index contributed by atoms with van der Waals surface area (Å²) in [5, 5.41) is 2.80. The van der Waals surface area contributed by atoms with Crippen LogP contribution in [0.15, 0.2) is 48.5 Å². The standard InChI is InChI=1S/C14H15N3O/c15-9-10-1-3-11(4-2-10)14(18)17-13-7-5-12(16)6-8-13/h1-8H,9,15-16H2,(H,17,18). The van der Waals surface area contributed by atoms with Crippen LogP contribution in [0.3, 0.4) is 0 Å². The SMILES string of the molecule is NCc1ccc(C(=O)Nc2ccc(N)cc2)cc1. The zero-order chi connectivity index (χ0) is 13.0. The van der Waals surface area contributed by atoms with Crippen LogP contribution in [0.5, 0.6) is 0 Å². The number of nitrogens with one attached hydrogen (secondary N) is 1. The lowest BCUT2D eigenvalue weighted by Crippen LogP contribution is -2.12. The predicted molar refractivity (Wildman–Crippen MR) is 73.1 cm³/mol. The van der Waals surface area contributed by atoms with Crippen LogP contribution >= 0.6 is 0 Å². The molecule has 4 heteroatoms. The van der Waals surface area contributed by atoms with E-state index in [2.05, 4.69) is 5.32 Å². The number of carbonyl (C=O) groups excluding carboxylic acids is 1. The second-order valence-electron chi connectivity index (χ2n) is 3.98. The van der Waals surface area contributed by atoms with Crippen LogP contribution in [-0.2, 0) is 6.54 Å². The molecule has 5 N–H and O–H groups in total.